The van der Waals surface area contributed by atoms with E-state index in [1.54, 1.807) is 0 Å². The number of fused-ring (bicyclic) bond motifs is 2. The first-order chi connectivity index (χ1) is 18.8. The van der Waals surface area contributed by atoms with E-state index in [4.69, 9.17) is 65.8 Å². The molecular formula is C27H24Cl4F3NO5. The molecule has 216 valence electrons. The summed E-state index contributed by atoms with van der Waals surface area (Å²) in [5.41, 5.74) is 1.01. The van der Waals surface area contributed by atoms with E-state index in [9.17, 15) is 18.3 Å². The molecule has 3 aromatic carbocycles. The van der Waals surface area contributed by atoms with Gasteiger partial charge in [-0.25, -0.2) is 4.79 Å². The van der Waals surface area contributed by atoms with Crippen LogP contribution in [0, 0.1) is 0 Å². The first kappa shape index (κ1) is 30.8. The van der Waals surface area contributed by atoms with Crippen molar-refractivity contribution in [2.45, 2.75) is 37.1 Å². The third kappa shape index (κ3) is 7.01. The number of hydrogen-bond donors (Lipinski definition) is 2. The third-order valence-electron chi connectivity index (χ3n) is 6.75. The van der Waals surface area contributed by atoms with Gasteiger partial charge in [0.15, 0.2) is 0 Å². The van der Waals surface area contributed by atoms with E-state index in [0.29, 0.717) is 17.3 Å². The minimum atomic E-state index is -5.08. The lowest BCUT2D eigenvalue weighted by Crippen LogP contribution is -2.49. The molecule has 1 atom stereocenters. The van der Waals surface area contributed by atoms with E-state index in [-0.39, 0.29) is 22.3 Å². The van der Waals surface area contributed by atoms with Crippen LogP contribution < -0.4 is 9.47 Å². The maximum atomic E-state index is 10.7. The summed E-state index contributed by atoms with van der Waals surface area (Å²) in [4.78, 5) is 11.1. The summed E-state index contributed by atoms with van der Waals surface area (Å²) in [6.07, 6.45) is -3.08. The van der Waals surface area contributed by atoms with Crippen LogP contribution in [0.25, 0.3) is 10.8 Å². The summed E-state index contributed by atoms with van der Waals surface area (Å²) in [7, 11) is 0. The first-order valence-electron chi connectivity index (χ1n) is 12.2. The minimum Gasteiger partial charge on any atom is -0.489 e. The maximum absolute atomic E-state index is 10.7. The molecule has 1 fully saturated rings. The Labute approximate surface area is 248 Å². The Morgan fingerprint density at radius 2 is 1.65 bits per heavy atom. The van der Waals surface area contributed by atoms with Gasteiger partial charge in [0.05, 0.1) is 10.0 Å². The van der Waals surface area contributed by atoms with E-state index in [0.717, 1.165) is 53.9 Å². The van der Waals surface area contributed by atoms with Crippen LogP contribution in [0.2, 0.25) is 20.1 Å². The Morgan fingerprint density at radius 3 is 2.27 bits per heavy atom. The molecule has 6 nitrogen and oxygen atoms in total. The minimum absolute atomic E-state index is 0.101. The zero-order chi connectivity index (χ0) is 29.2. The smallest absolute Gasteiger partial charge is 0.489 e. The zero-order valence-electron chi connectivity index (χ0n) is 20.8. The Kier molecular flexibility index (Phi) is 9.54. The molecule has 0 aromatic heterocycles. The number of benzene rings is 3. The summed E-state index contributed by atoms with van der Waals surface area (Å²) in [5.74, 6) is -1.38. The predicted octanol–water partition coefficient (Wildman–Crippen LogP) is 7.30. The fourth-order valence-corrected chi connectivity index (χ4v) is 5.74. The number of aliphatic hydroxyl groups is 1. The van der Waals surface area contributed by atoms with Gasteiger partial charge in [-0.1, -0.05) is 70.7 Å². The number of rotatable bonds is 5. The van der Waals surface area contributed by atoms with Gasteiger partial charge >= 0.3 is 12.1 Å². The number of carbonyl (C=O) groups is 1. The SMILES string of the molecule is O=C(O)C(F)(F)F.O[C@H](COc1c(Cl)c(Cl)c(Cl)c2ccccc12)CN1CCC2(CC1)Cc1cc(Cl)ccc1O2. The molecule has 0 bridgehead atoms. The number of alkyl halides is 3. The van der Waals surface area contributed by atoms with Crippen LogP contribution in [0.3, 0.4) is 0 Å². The number of aliphatic hydroxyl groups excluding tert-OH is 1. The standard InChI is InChI=1S/C25H23Cl4NO3.C2HF3O2/c26-16-5-6-20-15(11-16)12-25(33-20)7-9-30(10-8-25)13-17(31)14-32-24-19-4-2-1-3-18(19)21(27)22(28)23(24)29;3-2(4,5)1(6)7/h1-6,11,17,31H,7-10,12-14H2;(H,6,7)/t17-;/m0./s1. The van der Waals surface area contributed by atoms with Gasteiger partial charge in [-0.05, 0) is 23.8 Å². The Balaban J connectivity index is 0.000000470. The largest absolute Gasteiger partial charge is 0.490 e. The summed E-state index contributed by atoms with van der Waals surface area (Å²) in [6.45, 7) is 2.29. The van der Waals surface area contributed by atoms with E-state index >= 15 is 0 Å². The summed E-state index contributed by atoms with van der Waals surface area (Å²) in [5, 5.41) is 21.0. The van der Waals surface area contributed by atoms with Crippen LogP contribution in [0.4, 0.5) is 13.2 Å². The number of halogens is 7. The number of β-amino-alcohol motifs (C(OH)–C–C–N with tert-alkyl or cyclic N) is 1. The molecule has 0 amide bonds. The number of likely N-dealkylation sites (tertiary alicyclic amines) is 1. The third-order valence-corrected chi connectivity index (χ3v) is 8.31. The van der Waals surface area contributed by atoms with Crippen molar-refractivity contribution in [3.8, 4) is 11.5 Å². The molecular weight excluding hydrogens is 617 g/mol. The quantitative estimate of drug-likeness (QED) is 0.285. The first-order valence-corrected chi connectivity index (χ1v) is 13.7. The predicted molar refractivity (Wildman–Crippen MR) is 148 cm³/mol. The Bertz CT molecular complexity index is 1400. The number of piperidine rings is 1. The molecule has 1 spiro atoms. The number of ether oxygens (including phenoxy) is 2. The second-order valence-electron chi connectivity index (χ2n) is 9.60. The number of nitrogens with zero attached hydrogens (tertiary/aromatic N) is 1. The van der Waals surface area contributed by atoms with E-state index < -0.39 is 18.2 Å². The van der Waals surface area contributed by atoms with Crippen LogP contribution in [0.15, 0.2) is 42.5 Å². The summed E-state index contributed by atoms with van der Waals surface area (Å²) < 4.78 is 44.0. The van der Waals surface area contributed by atoms with Crippen LogP contribution in [0.1, 0.15) is 18.4 Å². The van der Waals surface area contributed by atoms with Gasteiger partial charge in [0, 0.05) is 54.7 Å². The zero-order valence-corrected chi connectivity index (χ0v) is 23.8. The molecule has 40 heavy (non-hydrogen) atoms. The van der Waals surface area contributed by atoms with Crippen molar-refractivity contribution >= 4 is 63.1 Å². The van der Waals surface area contributed by atoms with Crippen molar-refractivity contribution in [3.05, 3.63) is 68.1 Å². The van der Waals surface area contributed by atoms with E-state index in [1.165, 1.54) is 5.56 Å². The second kappa shape index (κ2) is 12.4. The van der Waals surface area contributed by atoms with Crippen molar-refractivity contribution in [1.82, 2.24) is 4.90 Å². The Hall–Kier alpha value is -2.14. The van der Waals surface area contributed by atoms with Crippen LogP contribution in [0.5, 0.6) is 11.5 Å². The molecule has 2 heterocycles. The van der Waals surface area contributed by atoms with Crippen molar-refractivity contribution in [1.29, 1.82) is 0 Å². The van der Waals surface area contributed by atoms with Crippen LogP contribution >= 0.6 is 46.4 Å². The molecule has 0 aliphatic carbocycles. The summed E-state index contributed by atoms with van der Waals surface area (Å²) in [6, 6.07) is 13.3. The number of carboxylic acid groups (broad SMARTS) is 1. The highest BCUT2D eigenvalue weighted by molar-refractivity contribution is 6.51. The van der Waals surface area contributed by atoms with Crippen molar-refractivity contribution in [2.24, 2.45) is 0 Å². The van der Waals surface area contributed by atoms with Gasteiger partial charge in [-0.2, -0.15) is 13.2 Å². The average Bonchev–Trinajstić information content (AvgIpc) is 3.25. The molecule has 1 saturated heterocycles. The maximum Gasteiger partial charge on any atom is 0.490 e. The van der Waals surface area contributed by atoms with Crippen molar-refractivity contribution in [2.75, 3.05) is 26.2 Å². The van der Waals surface area contributed by atoms with E-state index in [2.05, 4.69) is 4.90 Å². The lowest BCUT2D eigenvalue weighted by Gasteiger charge is -2.39. The Morgan fingerprint density at radius 1 is 1.02 bits per heavy atom. The normalized spacial score (nSPS) is 17.1. The van der Waals surface area contributed by atoms with Gasteiger partial charge in [0.1, 0.15) is 34.8 Å². The molecule has 0 unspecified atom stereocenters. The average molecular weight is 641 g/mol. The molecule has 2 aliphatic rings. The molecule has 13 heteroatoms. The molecule has 0 radical (unpaired) electrons. The van der Waals surface area contributed by atoms with Gasteiger partial charge in [-0.15, -0.1) is 0 Å². The number of carboxylic acids is 1. The fourth-order valence-electron chi connectivity index (χ4n) is 4.80. The van der Waals surface area contributed by atoms with Gasteiger partial charge < -0.3 is 24.6 Å². The van der Waals surface area contributed by atoms with Crippen LogP contribution in [-0.2, 0) is 11.2 Å². The lowest BCUT2D eigenvalue weighted by molar-refractivity contribution is -0.192. The highest BCUT2D eigenvalue weighted by Crippen LogP contribution is 2.45. The molecule has 5 rings (SSSR count). The second-order valence-corrected chi connectivity index (χ2v) is 11.2. The highest BCUT2D eigenvalue weighted by Gasteiger charge is 2.42. The van der Waals surface area contributed by atoms with E-state index in [1.807, 2.05) is 42.5 Å². The lowest BCUT2D eigenvalue weighted by atomic mass is 9.87. The fraction of sp³-hybridized carbons (Fsp3) is 0.370. The van der Waals surface area contributed by atoms with Gasteiger partial charge in [-0.3, -0.25) is 0 Å². The number of hydrogen-bond acceptors (Lipinski definition) is 5. The highest BCUT2D eigenvalue weighted by atomic mass is 35.5. The molecule has 2 N–H and O–H groups in total. The number of aliphatic carboxylic acids is 1. The van der Waals surface area contributed by atoms with Crippen molar-refractivity contribution < 1.29 is 37.7 Å². The molecule has 2 aliphatic heterocycles. The topological polar surface area (TPSA) is 79.2 Å². The van der Waals surface area contributed by atoms with Crippen molar-refractivity contribution in [3.63, 3.8) is 0 Å². The van der Waals surface area contributed by atoms with Crippen LogP contribution in [-0.4, -0.2) is 65.2 Å². The molecule has 0 saturated carbocycles. The molecule has 3 aromatic rings. The summed E-state index contributed by atoms with van der Waals surface area (Å²) >= 11 is 25.2. The monoisotopic (exact) mass is 639 g/mol. The van der Waals surface area contributed by atoms with Gasteiger partial charge in [0.2, 0.25) is 0 Å². The van der Waals surface area contributed by atoms with Gasteiger partial charge in [0.25, 0.3) is 0 Å².